The fourth-order valence-electron chi connectivity index (χ4n) is 5.61. The molecule has 1 saturated heterocycles. The Morgan fingerprint density at radius 2 is 1.67 bits per heavy atom. The monoisotopic (exact) mass is 662 g/mol. The van der Waals surface area contributed by atoms with E-state index < -0.39 is 80.4 Å². The zero-order valence-electron chi connectivity index (χ0n) is 24.4. The average Bonchev–Trinajstić information content (AvgIpc) is 2.88. The number of piperidine rings is 1. The lowest BCUT2D eigenvalue weighted by Crippen LogP contribution is -2.59. The molecule has 0 bridgehead atoms. The number of nitrogens with zero attached hydrogens (tertiary/aromatic N) is 2. The third kappa shape index (κ3) is 7.91. The van der Waals surface area contributed by atoms with Crippen LogP contribution in [0.5, 0.6) is 0 Å². The molecule has 13 heteroatoms. The molecule has 0 saturated carbocycles. The van der Waals surface area contributed by atoms with Crippen molar-refractivity contribution in [2.45, 2.75) is 76.9 Å². The summed E-state index contributed by atoms with van der Waals surface area (Å²) in [7, 11) is -3.86. The van der Waals surface area contributed by atoms with Gasteiger partial charge < -0.3 is 10.0 Å². The molecule has 43 heavy (non-hydrogen) atoms. The zero-order valence-corrected chi connectivity index (χ0v) is 26.7. The fourth-order valence-corrected chi connectivity index (χ4v) is 8.02. The van der Waals surface area contributed by atoms with Crippen molar-refractivity contribution >= 4 is 50.7 Å². The lowest BCUT2D eigenvalue weighted by molar-refractivity contribution is -0.169. The van der Waals surface area contributed by atoms with E-state index in [2.05, 4.69) is 4.36 Å². The van der Waals surface area contributed by atoms with Gasteiger partial charge in [0, 0.05) is 27.3 Å². The molecule has 0 aliphatic carbocycles. The lowest BCUT2D eigenvalue weighted by Gasteiger charge is -2.53. The highest BCUT2D eigenvalue weighted by Gasteiger charge is 2.53. The van der Waals surface area contributed by atoms with E-state index in [1.807, 2.05) is 6.07 Å². The molecule has 1 aliphatic heterocycles. The number of hydrogen-bond donors (Lipinski definition) is 1. The molecule has 2 unspecified atom stereocenters. The van der Waals surface area contributed by atoms with Crippen LogP contribution in [0, 0.1) is 11.3 Å². The van der Waals surface area contributed by atoms with Crippen LogP contribution in [0.1, 0.15) is 70.5 Å². The molecule has 2 aromatic carbocycles. The number of carboxylic acids is 1. The maximum absolute atomic E-state index is 14.5. The first kappa shape index (κ1) is 34.9. The van der Waals surface area contributed by atoms with Crippen LogP contribution in [0.3, 0.4) is 0 Å². The third-order valence-electron chi connectivity index (χ3n) is 7.88. The molecular formula is C30H35Cl2F3N2O5S. The summed E-state index contributed by atoms with van der Waals surface area (Å²) in [5.41, 5.74) is -0.0947. The van der Waals surface area contributed by atoms with Gasteiger partial charge in [-0.05, 0) is 47.7 Å². The SMILES string of the molecule is CC(C)C(CS(=O)(=NC(=O)C(F)(F)F)C(C)C)N1C(=O)[C@@](C)(CC(=O)O)C[C@H](c2cccc(Cl)c2)[C@H]1c1ccc(Cl)cc1. The van der Waals surface area contributed by atoms with E-state index >= 15 is 0 Å². The van der Waals surface area contributed by atoms with Gasteiger partial charge >= 0.3 is 18.1 Å². The number of carboxylic acid groups (broad SMARTS) is 1. The van der Waals surface area contributed by atoms with Crippen LogP contribution in [-0.2, 0) is 24.1 Å². The Morgan fingerprint density at radius 3 is 2.16 bits per heavy atom. The number of alkyl halides is 3. The van der Waals surface area contributed by atoms with Crippen LogP contribution in [0.15, 0.2) is 52.9 Å². The van der Waals surface area contributed by atoms with Crippen molar-refractivity contribution in [2.24, 2.45) is 15.7 Å². The Bertz CT molecular complexity index is 1490. The van der Waals surface area contributed by atoms with E-state index in [1.54, 1.807) is 63.2 Å². The highest BCUT2D eigenvalue weighted by molar-refractivity contribution is 7.94. The van der Waals surface area contributed by atoms with Crippen LogP contribution >= 0.6 is 23.2 Å². The van der Waals surface area contributed by atoms with Crippen molar-refractivity contribution < 1.29 is 36.9 Å². The number of carbonyl (C=O) groups is 3. The molecule has 7 nitrogen and oxygen atoms in total. The number of aliphatic carboxylic acids is 1. The molecule has 0 aromatic heterocycles. The summed E-state index contributed by atoms with van der Waals surface area (Å²) in [5, 5.41) is 9.70. The van der Waals surface area contributed by atoms with E-state index in [1.165, 1.54) is 18.7 Å². The molecule has 2 amide bonds. The number of amides is 2. The minimum atomic E-state index is -5.32. The summed E-state index contributed by atoms with van der Waals surface area (Å²) >= 11 is 12.5. The van der Waals surface area contributed by atoms with Crippen molar-refractivity contribution in [1.82, 2.24) is 4.90 Å². The molecule has 5 atom stereocenters. The topological polar surface area (TPSA) is 104 Å². The first-order valence-corrected chi connectivity index (χ1v) is 16.2. The molecule has 0 radical (unpaired) electrons. The summed E-state index contributed by atoms with van der Waals surface area (Å²) < 4.78 is 57.0. The van der Waals surface area contributed by atoms with Crippen molar-refractivity contribution in [1.29, 1.82) is 0 Å². The van der Waals surface area contributed by atoms with Crippen LogP contribution in [-0.4, -0.2) is 55.2 Å². The van der Waals surface area contributed by atoms with Gasteiger partial charge in [0.15, 0.2) is 0 Å². The molecule has 1 aliphatic rings. The molecule has 2 aromatic rings. The van der Waals surface area contributed by atoms with Gasteiger partial charge in [-0.25, -0.2) is 4.21 Å². The Kier molecular flexibility index (Phi) is 10.7. The first-order chi connectivity index (χ1) is 19.8. The Balaban J connectivity index is 2.35. The zero-order chi connectivity index (χ0) is 32.5. The van der Waals surface area contributed by atoms with Crippen molar-refractivity contribution in [2.75, 3.05) is 5.75 Å². The predicted octanol–water partition coefficient (Wildman–Crippen LogP) is 7.52. The minimum absolute atomic E-state index is 0.115. The Hall–Kier alpha value is -2.63. The molecule has 1 N–H and O–H groups in total. The number of hydrogen-bond acceptors (Lipinski definition) is 4. The van der Waals surface area contributed by atoms with E-state index in [4.69, 9.17) is 23.2 Å². The second kappa shape index (κ2) is 13.2. The summed E-state index contributed by atoms with van der Waals surface area (Å²) in [4.78, 5) is 39.9. The van der Waals surface area contributed by atoms with Crippen LogP contribution < -0.4 is 0 Å². The Labute approximate surface area is 259 Å². The van der Waals surface area contributed by atoms with Gasteiger partial charge in [0.1, 0.15) is 0 Å². The number of benzene rings is 2. The lowest BCUT2D eigenvalue weighted by atomic mass is 9.66. The van der Waals surface area contributed by atoms with Crippen LogP contribution in [0.25, 0.3) is 0 Å². The summed E-state index contributed by atoms with van der Waals surface area (Å²) in [5.74, 6) is -5.76. The maximum atomic E-state index is 14.5. The second-order valence-electron chi connectivity index (χ2n) is 11.8. The molecule has 3 rings (SSSR count). The van der Waals surface area contributed by atoms with Gasteiger partial charge in [-0.2, -0.15) is 17.5 Å². The average molecular weight is 664 g/mol. The molecular weight excluding hydrogens is 628 g/mol. The van der Waals surface area contributed by atoms with Crippen LogP contribution in [0.2, 0.25) is 10.0 Å². The predicted molar refractivity (Wildman–Crippen MR) is 160 cm³/mol. The van der Waals surface area contributed by atoms with Gasteiger partial charge in [0.2, 0.25) is 5.91 Å². The number of carbonyl (C=O) groups excluding carboxylic acids is 2. The number of halogens is 5. The second-order valence-corrected chi connectivity index (χ2v) is 15.5. The molecule has 0 spiro atoms. The van der Waals surface area contributed by atoms with Crippen molar-refractivity contribution in [3.8, 4) is 0 Å². The third-order valence-corrected chi connectivity index (χ3v) is 11.1. The van der Waals surface area contributed by atoms with Gasteiger partial charge in [-0.3, -0.25) is 14.4 Å². The van der Waals surface area contributed by atoms with E-state index in [-0.39, 0.29) is 6.42 Å². The maximum Gasteiger partial charge on any atom is 0.474 e. The van der Waals surface area contributed by atoms with Gasteiger partial charge in [0.05, 0.1) is 33.4 Å². The van der Waals surface area contributed by atoms with E-state index in [0.29, 0.717) is 21.2 Å². The summed E-state index contributed by atoms with van der Waals surface area (Å²) in [6, 6.07) is 11.9. The van der Waals surface area contributed by atoms with Crippen LogP contribution in [0.4, 0.5) is 13.2 Å². The van der Waals surface area contributed by atoms with Gasteiger partial charge in [-0.15, -0.1) is 0 Å². The van der Waals surface area contributed by atoms with E-state index in [9.17, 15) is 36.9 Å². The minimum Gasteiger partial charge on any atom is -0.481 e. The molecule has 236 valence electrons. The first-order valence-electron chi connectivity index (χ1n) is 13.7. The Morgan fingerprint density at radius 1 is 1.07 bits per heavy atom. The van der Waals surface area contributed by atoms with Crippen molar-refractivity contribution in [3.63, 3.8) is 0 Å². The van der Waals surface area contributed by atoms with Crippen molar-refractivity contribution in [3.05, 3.63) is 69.7 Å². The summed E-state index contributed by atoms with van der Waals surface area (Å²) in [6.07, 6.45) is -5.73. The standard InChI is InChI=1S/C30H35Cl2F3N2O5S/c1-17(2)24(16-43(42,18(3)4)36-27(40)30(33,34)35)37-26(19-9-11-21(31)12-10-19)23(20-7-6-8-22(32)13-20)14-29(5,28(37)41)15-25(38)39/h6-13,17-18,23-24,26H,14-16H2,1-5H3,(H,38,39)/t23-,24?,26-,29-,43?/m1/s1. The highest BCUT2D eigenvalue weighted by atomic mass is 35.5. The highest BCUT2D eigenvalue weighted by Crippen LogP contribution is 2.52. The van der Waals surface area contributed by atoms with Gasteiger partial charge in [-0.1, -0.05) is 82.1 Å². The number of likely N-dealkylation sites (tertiary alicyclic amines) is 1. The van der Waals surface area contributed by atoms with E-state index in [0.717, 1.165) is 0 Å². The molecule has 1 fully saturated rings. The normalized spacial score (nSPS) is 23.3. The fraction of sp³-hybridized carbons (Fsp3) is 0.500. The smallest absolute Gasteiger partial charge is 0.474 e. The summed E-state index contributed by atoms with van der Waals surface area (Å²) in [6.45, 7) is 7.80. The largest absolute Gasteiger partial charge is 0.481 e. The quantitative estimate of drug-likeness (QED) is 0.299. The number of rotatable bonds is 9. The van der Waals surface area contributed by atoms with Gasteiger partial charge in [0.25, 0.3) is 0 Å². The molecule has 1 heterocycles.